The van der Waals surface area contributed by atoms with Crippen LogP contribution >= 0.6 is 0 Å². The molecule has 0 radical (unpaired) electrons. The summed E-state index contributed by atoms with van der Waals surface area (Å²) in [5.41, 5.74) is -1.41. The molecule has 0 bridgehead atoms. The molecule has 4 atom stereocenters. The van der Waals surface area contributed by atoms with Gasteiger partial charge in [-0.1, -0.05) is 26.0 Å². The maximum atomic E-state index is 9.92. The Morgan fingerprint density at radius 1 is 0.929 bits per heavy atom. The summed E-state index contributed by atoms with van der Waals surface area (Å²) in [6.45, 7) is 24.0. The Labute approximate surface area is 175 Å². The Kier molecular flexibility index (Phi) is 11.5. The van der Waals surface area contributed by atoms with Crippen molar-refractivity contribution in [1.82, 2.24) is 0 Å². The summed E-state index contributed by atoms with van der Waals surface area (Å²) in [7, 11) is 0. The minimum atomic E-state index is -0.709. The number of hydrogen-bond donors (Lipinski definition) is 1. The van der Waals surface area contributed by atoms with Crippen molar-refractivity contribution in [2.24, 2.45) is 11.8 Å². The van der Waals surface area contributed by atoms with E-state index in [-0.39, 0.29) is 29.3 Å². The van der Waals surface area contributed by atoms with Crippen LogP contribution in [0.3, 0.4) is 0 Å². The molecule has 0 aliphatic heterocycles. The van der Waals surface area contributed by atoms with Crippen LogP contribution in [0.15, 0.2) is 12.2 Å². The van der Waals surface area contributed by atoms with E-state index in [0.29, 0.717) is 18.9 Å². The molecule has 0 aromatic heterocycles. The van der Waals surface area contributed by atoms with Crippen molar-refractivity contribution in [3.05, 3.63) is 12.2 Å². The van der Waals surface area contributed by atoms with E-state index in [4.69, 9.17) is 14.2 Å². The fourth-order valence-electron chi connectivity index (χ4n) is 3.18. The summed E-state index contributed by atoms with van der Waals surface area (Å²) in [5, 5.41) is 9.92. The van der Waals surface area contributed by atoms with Crippen LogP contribution in [0, 0.1) is 11.8 Å². The molecule has 0 fully saturated rings. The van der Waals surface area contributed by atoms with E-state index in [1.54, 1.807) is 0 Å². The summed E-state index contributed by atoms with van der Waals surface area (Å²) in [6, 6.07) is 0. The lowest BCUT2D eigenvalue weighted by Crippen LogP contribution is -2.46. The zero-order valence-corrected chi connectivity index (χ0v) is 20.5. The first-order valence-corrected chi connectivity index (χ1v) is 10.9. The average molecular weight is 401 g/mol. The molecule has 4 heteroatoms. The number of aliphatic hydroxyl groups is 1. The topological polar surface area (TPSA) is 47.9 Å². The quantitative estimate of drug-likeness (QED) is 0.376. The zero-order chi connectivity index (χ0) is 22.2. The molecular formula is C24H48O4. The Balaban J connectivity index is 4.97. The molecule has 0 spiro atoms. The van der Waals surface area contributed by atoms with Gasteiger partial charge >= 0.3 is 0 Å². The van der Waals surface area contributed by atoms with E-state index in [1.807, 2.05) is 20.8 Å². The molecule has 0 saturated heterocycles. The van der Waals surface area contributed by atoms with Gasteiger partial charge < -0.3 is 19.3 Å². The second kappa shape index (κ2) is 11.7. The van der Waals surface area contributed by atoms with Gasteiger partial charge in [0.15, 0.2) is 0 Å². The minimum absolute atomic E-state index is 0.0202. The Morgan fingerprint density at radius 2 is 1.50 bits per heavy atom. The van der Waals surface area contributed by atoms with Gasteiger partial charge in [0.25, 0.3) is 0 Å². The van der Waals surface area contributed by atoms with E-state index in [2.05, 4.69) is 67.5 Å². The third-order valence-corrected chi connectivity index (χ3v) is 5.91. The minimum Gasteiger partial charge on any atom is -0.390 e. The molecule has 0 aromatic rings. The normalized spacial score (nSPS) is 19.0. The van der Waals surface area contributed by atoms with Crippen LogP contribution in [-0.4, -0.2) is 47.3 Å². The van der Waals surface area contributed by atoms with Gasteiger partial charge in [-0.05, 0) is 81.1 Å². The third kappa shape index (κ3) is 10.4. The van der Waals surface area contributed by atoms with Gasteiger partial charge in [-0.25, -0.2) is 0 Å². The maximum absolute atomic E-state index is 9.92. The molecule has 1 N–H and O–H groups in total. The predicted octanol–water partition coefficient (Wildman–Crippen LogP) is 5.77. The smallest absolute Gasteiger partial charge is 0.0864 e. The molecule has 4 nitrogen and oxygen atoms in total. The van der Waals surface area contributed by atoms with Gasteiger partial charge in [-0.2, -0.15) is 0 Å². The lowest BCUT2D eigenvalue weighted by Gasteiger charge is -2.42. The van der Waals surface area contributed by atoms with E-state index in [0.717, 1.165) is 13.0 Å². The van der Waals surface area contributed by atoms with Crippen LogP contribution in [0.1, 0.15) is 89.0 Å². The fraction of sp³-hybridized carbons (Fsp3) is 0.917. The molecule has 0 heterocycles. The zero-order valence-electron chi connectivity index (χ0n) is 20.5. The number of rotatable bonds is 14. The highest BCUT2D eigenvalue weighted by Gasteiger charge is 2.37. The summed E-state index contributed by atoms with van der Waals surface area (Å²) in [4.78, 5) is 0. The van der Waals surface area contributed by atoms with Crippen LogP contribution < -0.4 is 0 Å². The van der Waals surface area contributed by atoms with Gasteiger partial charge in [0.2, 0.25) is 0 Å². The number of allylic oxidation sites excluding steroid dienone is 1. The largest absolute Gasteiger partial charge is 0.390 e. The van der Waals surface area contributed by atoms with Crippen molar-refractivity contribution in [2.45, 2.75) is 118 Å². The molecule has 0 amide bonds. The van der Waals surface area contributed by atoms with E-state index >= 15 is 0 Å². The molecule has 0 saturated carbocycles. The van der Waals surface area contributed by atoms with Gasteiger partial charge in [0.1, 0.15) is 0 Å². The number of ether oxygens (including phenoxy) is 3. The SMILES string of the molecule is CC=CC(C)(OC(C)C(C)C(C)(C)OCCC(C)(C)O)C(C)CCOC(C)C. The van der Waals surface area contributed by atoms with E-state index < -0.39 is 5.60 Å². The second-order valence-electron chi connectivity index (χ2n) is 9.92. The fourth-order valence-corrected chi connectivity index (χ4v) is 3.18. The van der Waals surface area contributed by atoms with Crippen molar-refractivity contribution >= 4 is 0 Å². The summed E-state index contributed by atoms with van der Waals surface area (Å²) in [5.74, 6) is 0.523. The van der Waals surface area contributed by atoms with Crippen molar-refractivity contribution in [3.8, 4) is 0 Å². The van der Waals surface area contributed by atoms with Crippen LogP contribution in [0.5, 0.6) is 0 Å². The Bertz CT molecular complexity index is 450. The predicted molar refractivity (Wildman–Crippen MR) is 119 cm³/mol. The molecule has 0 aliphatic rings. The lowest BCUT2D eigenvalue weighted by atomic mass is 9.84. The van der Waals surface area contributed by atoms with Crippen LogP contribution in [-0.2, 0) is 14.2 Å². The van der Waals surface area contributed by atoms with Gasteiger partial charge in [-0.3, -0.25) is 0 Å². The van der Waals surface area contributed by atoms with Gasteiger partial charge in [0.05, 0.1) is 35.6 Å². The van der Waals surface area contributed by atoms with Crippen LogP contribution in [0.25, 0.3) is 0 Å². The first-order chi connectivity index (χ1) is 12.6. The van der Waals surface area contributed by atoms with Crippen molar-refractivity contribution < 1.29 is 19.3 Å². The van der Waals surface area contributed by atoms with E-state index in [9.17, 15) is 5.11 Å². The average Bonchev–Trinajstić information content (AvgIpc) is 2.52. The molecule has 0 aromatic carbocycles. The molecule has 0 aliphatic carbocycles. The third-order valence-electron chi connectivity index (χ3n) is 5.91. The van der Waals surface area contributed by atoms with Crippen molar-refractivity contribution in [3.63, 3.8) is 0 Å². The summed E-state index contributed by atoms with van der Waals surface area (Å²) >= 11 is 0. The highest BCUT2D eigenvalue weighted by atomic mass is 16.5. The first kappa shape index (κ1) is 27.6. The molecule has 4 unspecified atom stereocenters. The van der Waals surface area contributed by atoms with Crippen molar-refractivity contribution in [1.29, 1.82) is 0 Å². The highest BCUT2D eigenvalue weighted by molar-refractivity contribution is 5.02. The van der Waals surface area contributed by atoms with Gasteiger partial charge in [0, 0.05) is 12.5 Å². The molecule has 28 heavy (non-hydrogen) atoms. The van der Waals surface area contributed by atoms with Crippen LogP contribution in [0.2, 0.25) is 0 Å². The maximum Gasteiger partial charge on any atom is 0.0864 e. The van der Waals surface area contributed by atoms with Gasteiger partial charge in [-0.15, -0.1) is 0 Å². The number of hydrogen-bond acceptors (Lipinski definition) is 4. The monoisotopic (exact) mass is 400 g/mol. The molecule has 168 valence electrons. The second-order valence-corrected chi connectivity index (χ2v) is 9.92. The molecular weight excluding hydrogens is 352 g/mol. The Hall–Kier alpha value is -0.420. The first-order valence-electron chi connectivity index (χ1n) is 10.9. The van der Waals surface area contributed by atoms with E-state index in [1.165, 1.54) is 0 Å². The highest BCUT2D eigenvalue weighted by Crippen LogP contribution is 2.33. The molecule has 0 rings (SSSR count). The van der Waals surface area contributed by atoms with Crippen molar-refractivity contribution in [2.75, 3.05) is 13.2 Å². The Morgan fingerprint density at radius 3 is 1.96 bits per heavy atom. The summed E-state index contributed by atoms with van der Waals surface area (Å²) < 4.78 is 18.5. The lowest BCUT2D eigenvalue weighted by molar-refractivity contribution is -0.151. The van der Waals surface area contributed by atoms with Crippen LogP contribution in [0.4, 0.5) is 0 Å². The summed E-state index contributed by atoms with van der Waals surface area (Å²) in [6.07, 6.45) is 6.07. The standard InChI is InChI=1S/C24H48O4/c1-12-14-24(11,19(4)13-16-26-18(2)3)28-21(6)20(5)23(9,10)27-17-15-22(7,8)25/h12,14,18-21,25H,13,15-17H2,1-11H3.